The summed E-state index contributed by atoms with van der Waals surface area (Å²) in [5, 5.41) is 5.97. The topological polar surface area (TPSA) is 105 Å². The number of hydrazine groups is 1. The van der Waals surface area contributed by atoms with Gasteiger partial charge in [0, 0.05) is 11.6 Å². The lowest BCUT2D eigenvalue weighted by Crippen LogP contribution is -2.31. The summed E-state index contributed by atoms with van der Waals surface area (Å²) in [4.78, 5) is 19.9. The van der Waals surface area contributed by atoms with Crippen LogP contribution in [0.4, 0.5) is 11.6 Å². The van der Waals surface area contributed by atoms with Crippen LogP contribution in [0.15, 0.2) is 6.33 Å². The van der Waals surface area contributed by atoms with E-state index >= 15 is 0 Å². The molecule has 7 heteroatoms. The smallest absolute Gasteiger partial charge is 0.239 e. The molecule has 0 saturated heterocycles. The third kappa shape index (κ3) is 3.78. The number of rotatable bonds is 7. The van der Waals surface area contributed by atoms with Crippen LogP contribution in [0.2, 0.25) is 0 Å². The second kappa shape index (κ2) is 6.33. The van der Waals surface area contributed by atoms with E-state index in [1.807, 2.05) is 0 Å². The van der Waals surface area contributed by atoms with Crippen molar-refractivity contribution in [1.29, 1.82) is 0 Å². The highest BCUT2D eigenvalue weighted by molar-refractivity contribution is 5.81. The standard InChI is InChI=1S/C12H20N6O/c1-2-3-9-11(15-7-16-12(9)18-13)14-6-10(19)17-8-4-5-8/h7-8H,2-6,13H2,1H3,(H,17,19)(H2,14,15,16,18). The van der Waals surface area contributed by atoms with Crippen molar-refractivity contribution in [3.8, 4) is 0 Å². The number of anilines is 2. The molecule has 1 aliphatic carbocycles. The highest BCUT2D eigenvalue weighted by Gasteiger charge is 2.23. The lowest BCUT2D eigenvalue weighted by Gasteiger charge is -2.13. The maximum absolute atomic E-state index is 11.6. The molecule has 19 heavy (non-hydrogen) atoms. The van der Waals surface area contributed by atoms with E-state index in [1.54, 1.807) is 0 Å². The Morgan fingerprint density at radius 1 is 1.42 bits per heavy atom. The van der Waals surface area contributed by atoms with E-state index in [-0.39, 0.29) is 12.5 Å². The number of nitrogen functional groups attached to an aromatic ring is 1. The molecule has 1 saturated carbocycles. The molecule has 2 rings (SSSR count). The zero-order valence-corrected chi connectivity index (χ0v) is 11.1. The minimum Gasteiger partial charge on any atom is -0.361 e. The molecule has 0 aromatic carbocycles. The second-order valence-electron chi connectivity index (χ2n) is 4.64. The summed E-state index contributed by atoms with van der Waals surface area (Å²) in [7, 11) is 0. The van der Waals surface area contributed by atoms with Gasteiger partial charge in [-0.15, -0.1) is 0 Å². The van der Waals surface area contributed by atoms with Crippen molar-refractivity contribution in [2.45, 2.75) is 38.6 Å². The molecular formula is C12H20N6O. The van der Waals surface area contributed by atoms with Gasteiger partial charge in [-0.3, -0.25) is 4.79 Å². The van der Waals surface area contributed by atoms with Crippen LogP contribution in [0.1, 0.15) is 31.7 Å². The van der Waals surface area contributed by atoms with E-state index in [1.165, 1.54) is 6.33 Å². The first kappa shape index (κ1) is 13.5. The fraction of sp³-hybridized carbons (Fsp3) is 0.583. The fourth-order valence-corrected chi connectivity index (χ4v) is 1.85. The minimum absolute atomic E-state index is 0.00850. The van der Waals surface area contributed by atoms with Gasteiger partial charge in [0.25, 0.3) is 0 Å². The van der Waals surface area contributed by atoms with Gasteiger partial charge in [0.15, 0.2) is 0 Å². The SMILES string of the molecule is CCCc1c(NN)ncnc1NCC(=O)NC1CC1. The van der Waals surface area contributed by atoms with Crippen LogP contribution >= 0.6 is 0 Å². The quantitative estimate of drug-likeness (QED) is 0.420. The number of nitrogens with two attached hydrogens (primary N) is 1. The first-order chi connectivity index (χ1) is 9.24. The molecule has 1 aromatic heterocycles. The Balaban J connectivity index is 1.99. The number of nitrogens with one attached hydrogen (secondary N) is 3. The van der Waals surface area contributed by atoms with Crippen molar-refractivity contribution in [2.75, 3.05) is 17.3 Å². The van der Waals surface area contributed by atoms with Crippen molar-refractivity contribution < 1.29 is 4.79 Å². The molecule has 0 spiro atoms. The third-order valence-electron chi connectivity index (χ3n) is 2.94. The van der Waals surface area contributed by atoms with E-state index < -0.39 is 0 Å². The van der Waals surface area contributed by atoms with Gasteiger partial charge in [-0.05, 0) is 19.3 Å². The number of carbonyl (C=O) groups excluding carboxylic acids is 1. The van der Waals surface area contributed by atoms with Crippen LogP contribution in [-0.2, 0) is 11.2 Å². The number of hydrogen-bond donors (Lipinski definition) is 4. The molecule has 5 N–H and O–H groups in total. The average molecular weight is 264 g/mol. The summed E-state index contributed by atoms with van der Waals surface area (Å²) in [6.07, 6.45) is 5.34. The van der Waals surface area contributed by atoms with Crippen LogP contribution in [0.3, 0.4) is 0 Å². The fourth-order valence-electron chi connectivity index (χ4n) is 1.85. The average Bonchev–Trinajstić information content (AvgIpc) is 3.21. The molecule has 1 fully saturated rings. The van der Waals surface area contributed by atoms with E-state index in [0.717, 1.165) is 31.2 Å². The maximum atomic E-state index is 11.6. The highest BCUT2D eigenvalue weighted by atomic mass is 16.2. The summed E-state index contributed by atoms with van der Waals surface area (Å²) < 4.78 is 0. The molecule has 0 atom stereocenters. The predicted molar refractivity (Wildman–Crippen MR) is 73.5 cm³/mol. The monoisotopic (exact) mass is 264 g/mol. The van der Waals surface area contributed by atoms with E-state index in [0.29, 0.717) is 17.7 Å². The molecule has 1 heterocycles. The Labute approximate surface area is 112 Å². The molecular weight excluding hydrogens is 244 g/mol. The van der Waals surface area contributed by atoms with Gasteiger partial charge in [-0.1, -0.05) is 13.3 Å². The number of amides is 1. The number of carbonyl (C=O) groups is 1. The van der Waals surface area contributed by atoms with E-state index in [4.69, 9.17) is 5.84 Å². The molecule has 0 bridgehead atoms. The first-order valence-corrected chi connectivity index (χ1v) is 6.58. The van der Waals surface area contributed by atoms with Gasteiger partial charge < -0.3 is 16.1 Å². The van der Waals surface area contributed by atoms with Gasteiger partial charge >= 0.3 is 0 Å². The molecule has 0 radical (unpaired) electrons. The Hall–Kier alpha value is -1.89. The molecule has 1 aromatic rings. The highest BCUT2D eigenvalue weighted by Crippen LogP contribution is 2.21. The number of nitrogens with zero attached hydrogens (tertiary/aromatic N) is 2. The van der Waals surface area contributed by atoms with Crippen molar-refractivity contribution in [3.63, 3.8) is 0 Å². The summed E-state index contributed by atoms with van der Waals surface area (Å²) in [5.74, 6) is 6.69. The number of aromatic nitrogens is 2. The Bertz CT molecular complexity index is 446. The predicted octanol–water partition coefficient (Wildman–Crippen LogP) is 0.405. The largest absolute Gasteiger partial charge is 0.361 e. The second-order valence-corrected chi connectivity index (χ2v) is 4.64. The first-order valence-electron chi connectivity index (χ1n) is 6.58. The Morgan fingerprint density at radius 3 is 2.79 bits per heavy atom. The Kier molecular flexibility index (Phi) is 4.51. The lowest BCUT2D eigenvalue weighted by molar-refractivity contribution is -0.119. The van der Waals surface area contributed by atoms with Crippen LogP contribution in [0.5, 0.6) is 0 Å². The van der Waals surface area contributed by atoms with Crippen LogP contribution in [-0.4, -0.2) is 28.5 Å². The lowest BCUT2D eigenvalue weighted by atomic mass is 10.1. The maximum Gasteiger partial charge on any atom is 0.239 e. The summed E-state index contributed by atoms with van der Waals surface area (Å²) in [6.45, 7) is 2.28. The Morgan fingerprint density at radius 2 is 2.16 bits per heavy atom. The van der Waals surface area contributed by atoms with Crippen LogP contribution in [0, 0.1) is 0 Å². The van der Waals surface area contributed by atoms with Crippen molar-refractivity contribution in [3.05, 3.63) is 11.9 Å². The molecule has 1 aliphatic rings. The van der Waals surface area contributed by atoms with E-state index in [9.17, 15) is 4.79 Å². The summed E-state index contributed by atoms with van der Waals surface area (Å²) in [6, 6.07) is 0.371. The van der Waals surface area contributed by atoms with Gasteiger partial charge in [-0.2, -0.15) is 0 Å². The van der Waals surface area contributed by atoms with Crippen molar-refractivity contribution >= 4 is 17.5 Å². The molecule has 7 nitrogen and oxygen atoms in total. The normalized spacial score (nSPS) is 14.0. The summed E-state index contributed by atoms with van der Waals surface area (Å²) >= 11 is 0. The summed E-state index contributed by atoms with van der Waals surface area (Å²) in [5.41, 5.74) is 3.47. The van der Waals surface area contributed by atoms with Crippen LogP contribution < -0.4 is 21.9 Å². The van der Waals surface area contributed by atoms with Crippen LogP contribution in [0.25, 0.3) is 0 Å². The molecule has 104 valence electrons. The van der Waals surface area contributed by atoms with Crippen molar-refractivity contribution in [1.82, 2.24) is 15.3 Å². The van der Waals surface area contributed by atoms with E-state index in [2.05, 4.69) is 33.0 Å². The zero-order valence-electron chi connectivity index (χ0n) is 11.1. The van der Waals surface area contributed by atoms with Crippen molar-refractivity contribution in [2.24, 2.45) is 5.84 Å². The van der Waals surface area contributed by atoms with Gasteiger partial charge in [0.1, 0.15) is 18.0 Å². The third-order valence-corrected chi connectivity index (χ3v) is 2.94. The molecule has 1 amide bonds. The molecule has 0 aliphatic heterocycles. The van der Waals surface area contributed by atoms with Gasteiger partial charge in [0.05, 0.1) is 6.54 Å². The minimum atomic E-state index is -0.00850. The zero-order chi connectivity index (χ0) is 13.7. The molecule has 0 unspecified atom stereocenters. The number of hydrogen-bond acceptors (Lipinski definition) is 6. The van der Waals surface area contributed by atoms with Gasteiger partial charge in [0.2, 0.25) is 5.91 Å². The van der Waals surface area contributed by atoms with Gasteiger partial charge in [-0.25, -0.2) is 15.8 Å².